The van der Waals surface area contributed by atoms with Gasteiger partial charge in [-0.25, -0.2) is 0 Å². The van der Waals surface area contributed by atoms with Gasteiger partial charge in [-0.3, -0.25) is 9.69 Å². The molecular weight excluding hydrogens is 214 g/mol. The molecule has 0 aromatic rings. The van der Waals surface area contributed by atoms with Crippen LogP contribution in [0.4, 0.5) is 0 Å². The Labute approximate surface area is 105 Å². The number of nitrogens with zero attached hydrogens (tertiary/aromatic N) is 1. The second kappa shape index (κ2) is 6.97. The molecule has 17 heavy (non-hydrogen) atoms. The monoisotopic (exact) mass is 241 g/mol. The first-order chi connectivity index (χ1) is 8.06. The molecule has 2 N–H and O–H groups in total. The van der Waals surface area contributed by atoms with Gasteiger partial charge in [-0.1, -0.05) is 27.2 Å². The molecular formula is C13H27N3O. The Balaban J connectivity index is 2.18. The lowest BCUT2D eigenvalue weighted by Crippen LogP contribution is -2.47. The third-order valence-electron chi connectivity index (χ3n) is 3.41. The van der Waals surface area contributed by atoms with Crippen molar-refractivity contribution in [2.45, 2.75) is 33.6 Å². The Kier molecular flexibility index (Phi) is 5.92. The molecule has 0 aliphatic carbocycles. The predicted molar refractivity (Wildman–Crippen MR) is 71.0 cm³/mol. The number of carbonyl (C=O) groups is 1. The zero-order valence-electron chi connectivity index (χ0n) is 11.5. The van der Waals surface area contributed by atoms with Gasteiger partial charge in [-0.15, -0.1) is 0 Å². The van der Waals surface area contributed by atoms with Gasteiger partial charge in [0.05, 0.1) is 0 Å². The highest BCUT2D eigenvalue weighted by Crippen LogP contribution is 2.21. The van der Waals surface area contributed by atoms with Crippen LogP contribution >= 0.6 is 0 Å². The first kappa shape index (κ1) is 14.5. The molecule has 1 aliphatic heterocycles. The van der Waals surface area contributed by atoms with Crippen molar-refractivity contribution < 1.29 is 4.79 Å². The molecule has 0 unspecified atom stereocenters. The maximum atomic E-state index is 12.0. The highest BCUT2D eigenvalue weighted by atomic mass is 16.2. The van der Waals surface area contributed by atoms with Gasteiger partial charge in [-0.2, -0.15) is 0 Å². The number of hydrogen-bond donors (Lipinski definition) is 2. The average Bonchev–Trinajstić information content (AvgIpc) is 2.30. The van der Waals surface area contributed by atoms with Crippen molar-refractivity contribution in [2.75, 3.05) is 39.3 Å². The SMILES string of the molecule is CCCC(C)(C)C(=O)NCCN1CCNCC1. The lowest BCUT2D eigenvalue weighted by Gasteiger charge is -2.28. The predicted octanol–water partition coefficient (Wildman–Crippen LogP) is 0.834. The van der Waals surface area contributed by atoms with E-state index in [1.165, 1.54) is 0 Å². The highest BCUT2D eigenvalue weighted by Gasteiger charge is 2.25. The third kappa shape index (κ3) is 5.04. The van der Waals surface area contributed by atoms with Crippen LogP contribution < -0.4 is 10.6 Å². The van der Waals surface area contributed by atoms with Crippen molar-refractivity contribution in [2.24, 2.45) is 5.41 Å². The van der Waals surface area contributed by atoms with Gasteiger partial charge in [-0.05, 0) is 6.42 Å². The van der Waals surface area contributed by atoms with Crippen molar-refractivity contribution >= 4 is 5.91 Å². The molecule has 0 aromatic heterocycles. The molecule has 0 atom stereocenters. The Morgan fingerprint density at radius 3 is 2.59 bits per heavy atom. The molecule has 0 spiro atoms. The van der Waals surface area contributed by atoms with Gasteiger partial charge in [0, 0.05) is 44.7 Å². The topological polar surface area (TPSA) is 44.4 Å². The number of rotatable bonds is 6. The van der Waals surface area contributed by atoms with Crippen molar-refractivity contribution in [1.82, 2.24) is 15.5 Å². The molecule has 0 radical (unpaired) electrons. The summed E-state index contributed by atoms with van der Waals surface area (Å²) in [6.45, 7) is 12.2. The molecule has 4 nitrogen and oxygen atoms in total. The van der Waals surface area contributed by atoms with Gasteiger partial charge in [0.2, 0.25) is 5.91 Å². The standard InChI is InChI=1S/C13H27N3O/c1-4-5-13(2,3)12(17)15-8-11-16-9-6-14-7-10-16/h14H,4-11H2,1-3H3,(H,15,17). The molecule has 1 aliphatic rings. The van der Waals surface area contributed by atoms with Crippen LogP contribution in [-0.2, 0) is 4.79 Å². The smallest absolute Gasteiger partial charge is 0.225 e. The van der Waals surface area contributed by atoms with E-state index >= 15 is 0 Å². The van der Waals surface area contributed by atoms with Crippen LogP contribution in [0.3, 0.4) is 0 Å². The fourth-order valence-electron chi connectivity index (χ4n) is 2.24. The number of nitrogens with one attached hydrogen (secondary N) is 2. The summed E-state index contributed by atoms with van der Waals surface area (Å²) in [5, 5.41) is 6.38. The summed E-state index contributed by atoms with van der Waals surface area (Å²) in [6.07, 6.45) is 2.00. The first-order valence-corrected chi connectivity index (χ1v) is 6.77. The molecule has 0 aromatic carbocycles. The lowest BCUT2D eigenvalue weighted by molar-refractivity contribution is -0.129. The number of amides is 1. The minimum absolute atomic E-state index is 0.189. The van der Waals surface area contributed by atoms with Crippen molar-refractivity contribution in [3.63, 3.8) is 0 Å². The van der Waals surface area contributed by atoms with Gasteiger partial charge < -0.3 is 10.6 Å². The molecule has 100 valence electrons. The van der Waals surface area contributed by atoms with Crippen molar-refractivity contribution in [1.29, 1.82) is 0 Å². The summed E-state index contributed by atoms with van der Waals surface area (Å²) in [4.78, 5) is 14.3. The quantitative estimate of drug-likeness (QED) is 0.724. The van der Waals surface area contributed by atoms with E-state index in [0.29, 0.717) is 0 Å². The molecule has 0 saturated carbocycles. The minimum atomic E-state index is -0.224. The van der Waals surface area contributed by atoms with Crippen LogP contribution in [0, 0.1) is 5.41 Å². The lowest BCUT2D eigenvalue weighted by atomic mass is 9.87. The van der Waals surface area contributed by atoms with E-state index in [0.717, 1.165) is 52.1 Å². The summed E-state index contributed by atoms with van der Waals surface area (Å²) < 4.78 is 0. The minimum Gasteiger partial charge on any atom is -0.354 e. The fourth-order valence-corrected chi connectivity index (χ4v) is 2.24. The molecule has 1 fully saturated rings. The Morgan fingerprint density at radius 1 is 1.35 bits per heavy atom. The van der Waals surface area contributed by atoms with Gasteiger partial charge in [0.15, 0.2) is 0 Å². The zero-order chi connectivity index (χ0) is 12.7. The Morgan fingerprint density at radius 2 is 2.00 bits per heavy atom. The Bertz CT molecular complexity index is 235. The second-order valence-corrected chi connectivity index (χ2v) is 5.48. The van der Waals surface area contributed by atoms with Crippen LogP contribution in [0.25, 0.3) is 0 Å². The fraction of sp³-hybridized carbons (Fsp3) is 0.923. The third-order valence-corrected chi connectivity index (χ3v) is 3.41. The maximum absolute atomic E-state index is 12.0. The normalized spacial score (nSPS) is 18.1. The number of carbonyl (C=O) groups excluding carboxylic acids is 1. The number of hydrogen-bond acceptors (Lipinski definition) is 3. The molecule has 4 heteroatoms. The van der Waals surface area contributed by atoms with E-state index in [1.807, 2.05) is 13.8 Å². The van der Waals surface area contributed by atoms with Gasteiger partial charge in [0.25, 0.3) is 0 Å². The largest absolute Gasteiger partial charge is 0.354 e. The van der Waals surface area contributed by atoms with E-state index in [1.54, 1.807) is 0 Å². The maximum Gasteiger partial charge on any atom is 0.225 e. The van der Waals surface area contributed by atoms with Crippen LogP contribution in [-0.4, -0.2) is 50.1 Å². The number of piperazine rings is 1. The zero-order valence-corrected chi connectivity index (χ0v) is 11.5. The second-order valence-electron chi connectivity index (χ2n) is 5.48. The van der Waals surface area contributed by atoms with E-state index in [-0.39, 0.29) is 11.3 Å². The van der Waals surface area contributed by atoms with Crippen LogP contribution in [0.2, 0.25) is 0 Å². The highest BCUT2D eigenvalue weighted by molar-refractivity contribution is 5.81. The Hall–Kier alpha value is -0.610. The summed E-state index contributed by atoms with van der Waals surface area (Å²) in [5.41, 5.74) is -0.224. The molecule has 1 saturated heterocycles. The summed E-state index contributed by atoms with van der Waals surface area (Å²) in [6, 6.07) is 0. The van der Waals surface area contributed by atoms with Crippen LogP contribution in [0.5, 0.6) is 0 Å². The molecule has 1 heterocycles. The summed E-state index contributed by atoms with van der Waals surface area (Å²) in [7, 11) is 0. The summed E-state index contributed by atoms with van der Waals surface area (Å²) in [5.74, 6) is 0.189. The molecule has 1 amide bonds. The van der Waals surface area contributed by atoms with Gasteiger partial charge in [0.1, 0.15) is 0 Å². The summed E-state index contributed by atoms with van der Waals surface area (Å²) >= 11 is 0. The van der Waals surface area contributed by atoms with Crippen LogP contribution in [0.1, 0.15) is 33.6 Å². The molecule has 1 rings (SSSR count). The van der Waals surface area contributed by atoms with Crippen molar-refractivity contribution in [3.8, 4) is 0 Å². The van der Waals surface area contributed by atoms with E-state index < -0.39 is 0 Å². The van der Waals surface area contributed by atoms with E-state index in [2.05, 4.69) is 22.5 Å². The van der Waals surface area contributed by atoms with E-state index in [4.69, 9.17) is 0 Å². The van der Waals surface area contributed by atoms with Crippen molar-refractivity contribution in [3.05, 3.63) is 0 Å². The van der Waals surface area contributed by atoms with Gasteiger partial charge >= 0.3 is 0 Å². The van der Waals surface area contributed by atoms with Crippen LogP contribution in [0.15, 0.2) is 0 Å². The van der Waals surface area contributed by atoms with E-state index in [9.17, 15) is 4.79 Å². The molecule has 0 bridgehead atoms. The first-order valence-electron chi connectivity index (χ1n) is 6.77. The average molecular weight is 241 g/mol.